The van der Waals surface area contributed by atoms with Crippen LogP contribution < -0.4 is 26.2 Å². The normalized spacial score (nSPS) is 19.1. The summed E-state index contributed by atoms with van der Waals surface area (Å²) in [5, 5.41) is 3.73. The summed E-state index contributed by atoms with van der Waals surface area (Å²) in [6.07, 6.45) is 1.62. The van der Waals surface area contributed by atoms with Gasteiger partial charge in [0.2, 0.25) is 0 Å². The molecule has 0 bridgehead atoms. The van der Waals surface area contributed by atoms with Crippen molar-refractivity contribution in [1.82, 2.24) is 9.88 Å². The molecule has 2 amide bonds. The number of benzene rings is 2. The predicted molar refractivity (Wildman–Crippen MR) is 148 cm³/mol. The number of nitrogens with one attached hydrogen (secondary N) is 1. The minimum absolute atomic E-state index is 0.0350. The molecule has 1 aromatic heterocycles. The third-order valence-electron chi connectivity index (χ3n) is 7.63. The van der Waals surface area contributed by atoms with Gasteiger partial charge in [0.15, 0.2) is 11.4 Å². The van der Waals surface area contributed by atoms with Crippen molar-refractivity contribution >= 4 is 46.3 Å². The van der Waals surface area contributed by atoms with Gasteiger partial charge in [0, 0.05) is 24.8 Å². The number of urea groups is 1. The number of aromatic nitrogens is 1. The van der Waals surface area contributed by atoms with Crippen LogP contribution in [-0.2, 0) is 19.0 Å². The molecule has 0 fully saturated rings. The van der Waals surface area contributed by atoms with Crippen LogP contribution in [0.4, 0.5) is 16.2 Å². The van der Waals surface area contributed by atoms with Gasteiger partial charge in [0.25, 0.3) is 11.4 Å². The van der Waals surface area contributed by atoms with E-state index in [1.165, 1.54) is 10.6 Å². The first-order valence-corrected chi connectivity index (χ1v) is 12.9. The molecule has 1 unspecified atom stereocenters. The number of hydrogen-bond acceptors (Lipinski definition) is 4. The lowest BCUT2D eigenvalue weighted by atomic mass is 9.64. The van der Waals surface area contributed by atoms with Gasteiger partial charge < -0.3 is 15.0 Å². The van der Waals surface area contributed by atoms with E-state index in [4.69, 9.17) is 33.7 Å². The van der Waals surface area contributed by atoms with Crippen molar-refractivity contribution in [3.8, 4) is 5.75 Å². The summed E-state index contributed by atoms with van der Waals surface area (Å²) in [7, 11) is 3.23. The van der Waals surface area contributed by atoms with Gasteiger partial charge in [0.1, 0.15) is 22.3 Å². The number of carbonyl (C=O) groups excluding carboxylic acids is 1. The summed E-state index contributed by atoms with van der Waals surface area (Å²) >= 11 is 12.8. The van der Waals surface area contributed by atoms with Gasteiger partial charge in [-0.15, -0.1) is 0 Å². The summed E-state index contributed by atoms with van der Waals surface area (Å²) in [6, 6.07) is 12.3. The molecular formula is C28H26Cl2N5O3+. The Morgan fingerprint density at radius 1 is 1.13 bits per heavy atom. The number of nitrogens with zero attached hydrogens (tertiary/aromatic N) is 3. The SMILES string of the molecule is COc1ccc(CN)cc1[N+]1=C2C3=C1NC(=O)N(c1cc(Cl)c(=O)n(C)c1)C3c1ccc(Cl)cc1C2(C)C. The van der Waals surface area contributed by atoms with Crippen molar-refractivity contribution in [2.75, 3.05) is 12.0 Å². The van der Waals surface area contributed by atoms with Gasteiger partial charge >= 0.3 is 6.03 Å². The highest BCUT2D eigenvalue weighted by atomic mass is 35.5. The molecule has 1 atom stereocenters. The zero-order valence-corrected chi connectivity index (χ0v) is 22.8. The first kappa shape index (κ1) is 24.7. The van der Waals surface area contributed by atoms with Crippen LogP contribution in [0.5, 0.6) is 5.75 Å². The van der Waals surface area contributed by atoms with E-state index in [0.717, 1.165) is 33.7 Å². The van der Waals surface area contributed by atoms with Gasteiger partial charge in [-0.05, 0) is 60.9 Å². The van der Waals surface area contributed by atoms with Crippen LogP contribution in [-0.4, -0.2) is 28.0 Å². The molecule has 0 saturated heterocycles. The van der Waals surface area contributed by atoms with E-state index < -0.39 is 11.5 Å². The molecule has 3 N–H and O–H groups in total. The van der Waals surface area contributed by atoms with E-state index in [1.54, 1.807) is 25.3 Å². The molecule has 2 aromatic carbocycles. The molecule has 194 valence electrons. The highest BCUT2D eigenvalue weighted by Crippen LogP contribution is 2.54. The van der Waals surface area contributed by atoms with Crippen LogP contribution in [0, 0.1) is 0 Å². The van der Waals surface area contributed by atoms with Gasteiger partial charge in [-0.25, -0.2) is 4.79 Å². The summed E-state index contributed by atoms with van der Waals surface area (Å²) in [5.74, 6) is 1.34. The number of halogens is 2. The van der Waals surface area contributed by atoms with Crippen LogP contribution in [0.2, 0.25) is 10.0 Å². The van der Waals surface area contributed by atoms with Gasteiger partial charge in [-0.1, -0.05) is 35.3 Å². The number of anilines is 1. The first-order chi connectivity index (χ1) is 18.1. The molecule has 3 aliphatic rings. The van der Waals surface area contributed by atoms with Gasteiger partial charge in [-0.3, -0.25) is 9.69 Å². The molecule has 0 spiro atoms. The Balaban J connectivity index is 1.65. The van der Waals surface area contributed by atoms with Crippen LogP contribution in [0.1, 0.15) is 36.6 Å². The zero-order valence-electron chi connectivity index (χ0n) is 21.3. The summed E-state index contributed by atoms with van der Waals surface area (Å²) in [6.45, 7) is 4.66. The van der Waals surface area contributed by atoms with E-state index in [9.17, 15) is 9.59 Å². The van der Waals surface area contributed by atoms with Crippen molar-refractivity contribution in [1.29, 1.82) is 0 Å². The minimum Gasteiger partial charge on any atom is -0.492 e. The molecule has 3 aromatic rings. The Bertz CT molecular complexity index is 1660. The van der Waals surface area contributed by atoms with E-state index in [-0.39, 0.29) is 16.6 Å². The second-order valence-corrected chi connectivity index (χ2v) is 11.0. The number of rotatable bonds is 4. The van der Waals surface area contributed by atoms with E-state index in [1.807, 2.05) is 41.0 Å². The van der Waals surface area contributed by atoms with Crippen molar-refractivity contribution in [2.45, 2.75) is 31.8 Å². The molecule has 6 rings (SSSR count). The lowest BCUT2D eigenvalue weighted by Gasteiger charge is -2.49. The van der Waals surface area contributed by atoms with E-state index >= 15 is 0 Å². The number of aryl methyl sites for hydroxylation is 1. The fraction of sp³-hybridized carbons (Fsp3) is 0.250. The standard InChI is InChI=1S/C28H25Cl2N5O3/c1-28(2)18-10-15(29)6-7-17(18)23-22-24(28)35(20-9-14(12-31)5-8-21(20)38-4)25(22)32-27(37)34(23)16-11-19(30)26(36)33(3)13-16/h5-11,13,23H,12,31H2,1-4H3/p+1. The topological polar surface area (TPSA) is 92.6 Å². The number of methoxy groups -OCH3 is 1. The predicted octanol–water partition coefficient (Wildman–Crippen LogP) is 4.73. The van der Waals surface area contributed by atoms with E-state index in [0.29, 0.717) is 28.8 Å². The summed E-state index contributed by atoms with van der Waals surface area (Å²) in [5.41, 5.74) is 11.4. The third-order valence-corrected chi connectivity index (χ3v) is 8.14. The Morgan fingerprint density at radius 2 is 1.89 bits per heavy atom. The number of carbonyl (C=O) groups is 1. The van der Waals surface area contributed by atoms with Crippen molar-refractivity contribution in [3.05, 3.63) is 97.1 Å². The molecule has 0 saturated carbocycles. The highest BCUT2D eigenvalue weighted by molar-refractivity contribution is 6.31. The Morgan fingerprint density at radius 3 is 2.58 bits per heavy atom. The quantitative estimate of drug-likeness (QED) is 0.459. The Kier molecular flexibility index (Phi) is 5.51. The molecule has 0 radical (unpaired) electrons. The van der Waals surface area contributed by atoms with Crippen molar-refractivity contribution in [2.24, 2.45) is 12.8 Å². The maximum atomic E-state index is 13.8. The minimum atomic E-state index is -0.464. The van der Waals surface area contributed by atoms with Gasteiger partial charge in [-0.2, -0.15) is 9.89 Å². The number of amides is 2. The average molecular weight is 551 g/mol. The van der Waals surface area contributed by atoms with E-state index in [2.05, 4.69) is 19.2 Å². The maximum Gasteiger partial charge on any atom is 0.414 e. The molecular weight excluding hydrogens is 525 g/mol. The van der Waals surface area contributed by atoms with Crippen LogP contribution >= 0.6 is 23.2 Å². The number of fused-ring (bicyclic) bond motifs is 2. The fourth-order valence-corrected chi connectivity index (χ4v) is 6.30. The summed E-state index contributed by atoms with van der Waals surface area (Å²) < 4.78 is 9.15. The number of pyridine rings is 1. The smallest absolute Gasteiger partial charge is 0.414 e. The summed E-state index contributed by atoms with van der Waals surface area (Å²) in [4.78, 5) is 27.8. The number of nitrogens with two attached hydrogens (primary N) is 1. The molecule has 10 heteroatoms. The van der Waals surface area contributed by atoms with Crippen LogP contribution in [0.3, 0.4) is 0 Å². The molecule has 38 heavy (non-hydrogen) atoms. The fourth-order valence-electron chi connectivity index (χ4n) is 5.88. The second kappa shape index (κ2) is 8.46. The number of ether oxygens (including phenoxy) is 1. The molecule has 8 nitrogen and oxygen atoms in total. The van der Waals surface area contributed by atoms with Crippen molar-refractivity contribution < 1.29 is 14.1 Å². The molecule has 3 heterocycles. The largest absolute Gasteiger partial charge is 0.492 e. The zero-order chi connectivity index (χ0) is 27.1. The van der Waals surface area contributed by atoms with Gasteiger partial charge in [0.05, 0.1) is 18.2 Å². The van der Waals surface area contributed by atoms with Crippen molar-refractivity contribution in [3.63, 3.8) is 0 Å². The highest BCUT2D eigenvalue weighted by Gasteiger charge is 2.60. The first-order valence-electron chi connectivity index (χ1n) is 12.1. The average Bonchev–Trinajstić information content (AvgIpc) is 2.87. The number of hydrogen-bond donors (Lipinski definition) is 2. The monoisotopic (exact) mass is 550 g/mol. The molecule has 1 aliphatic carbocycles. The Hall–Kier alpha value is -3.59. The second-order valence-electron chi connectivity index (χ2n) is 10.2. The molecule has 2 aliphatic heterocycles. The lowest BCUT2D eigenvalue weighted by Crippen LogP contribution is -2.61. The third kappa shape index (κ3) is 3.30. The maximum absolute atomic E-state index is 13.8. The van der Waals surface area contributed by atoms with Crippen LogP contribution in [0.15, 0.2) is 64.9 Å². The van der Waals surface area contributed by atoms with Crippen LogP contribution in [0.25, 0.3) is 0 Å². The lowest BCUT2D eigenvalue weighted by molar-refractivity contribution is -0.410. The Labute approximate surface area is 229 Å².